The number of thiophene rings is 1. The second kappa shape index (κ2) is 5.04. The summed E-state index contributed by atoms with van der Waals surface area (Å²) < 4.78 is 1.93. The molecule has 3 aromatic rings. The number of nitrogens with zero attached hydrogens (tertiary/aromatic N) is 2. The molecule has 0 aliphatic carbocycles. The average Bonchev–Trinajstić information content (AvgIpc) is 2.92. The van der Waals surface area contributed by atoms with E-state index in [-0.39, 0.29) is 6.04 Å². The summed E-state index contributed by atoms with van der Waals surface area (Å²) >= 11 is 1.79. The van der Waals surface area contributed by atoms with Gasteiger partial charge in [-0.2, -0.15) is 5.10 Å². The molecule has 0 aliphatic rings. The highest BCUT2D eigenvalue weighted by atomic mass is 32.1. The van der Waals surface area contributed by atoms with Crippen molar-refractivity contribution in [2.45, 2.75) is 26.3 Å². The first-order chi connectivity index (χ1) is 9.56. The molecule has 20 heavy (non-hydrogen) atoms. The quantitative estimate of drug-likeness (QED) is 0.800. The van der Waals surface area contributed by atoms with Crippen LogP contribution in [0.5, 0.6) is 0 Å². The first-order valence-corrected chi connectivity index (χ1v) is 7.61. The number of fused-ring (bicyclic) bond motifs is 1. The van der Waals surface area contributed by atoms with Crippen molar-refractivity contribution in [2.75, 3.05) is 0 Å². The summed E-state index contributed by atoms with van der Waals surface area (Å²) in [6, 6.07) is 10.5. The molecule has 3 rings (SSSR count). The molecule has 1 aromatic carbocycles. The van der Waals surface area contributed by atoms with Gasteiger partial charge in [-0.3, -0.25) is 4.68 Å². The van der Waals surface area contributed by atoms with Crippen LogP contribution < -0.4 is 5.73 Å². The Morgan fingerprint density at radius 2 is 2.05 bits per heavy atom. The first kappa shape index (κ1) is 13.3. The van der Waals surface area contributed by atoms with Crippen LogP contribution in [-0.2, 0) is 13.5 Å². The zero-order valence-electron chi connectivity index (χ0n) is 12.1. The van der Waals surface area contributed by atoms with Crippen LogP contribution in [0.4, 0.5) is 0 Å². The van der Waals surface area contributed by atoms with Gasteiger partial charge in [-0.15, -0.1) is 11.3 Å². The van der Waals surface area contributed by atoms with Crippen LogP contribution in [0.15, 0.2) is 30.3 Å². The Morgan fingerprint density at radius 3 is 2.75 bits per heavy atom. The van der Waals surface area contributed by atoms with Crippen molar-refractivity contribution in [3.05, 3.63) is 51.3 Å². The van der Waals surface area contributed by atoms with Gasteiger partial charge in [-0.05, 0) is 31.5 Å². The molecule has 1 atom stereocenters. The third-order valence-corrected chi connectivity index (χ3v) is 5.08. The van der Waals surface area contributed by atoms with Crippen LogP contribution >= 0.6 is 11.3 Å². The van der Waals surface area contributed by atoms with Gasteiger partial charge < -0.3 is 5.73 Å². The molecule has 1 unspecified atom stereocenters. The average molecular weight is 285 g/mol. The largest absolute Gasteiger partial charge is 0.323 e. The van der Waals surface area contributed by atoms with E-state index in [1.807, 2.05) is 17.8 Å². The van der Waals surface area contributed by atoms with Gasteiger partial charge in [0, 0.05) is 34.7 Å². The highest BCUT2D eigenvalue weighted by Gasteiger charge is 2.15. The molecule has 2 aromatic heterocycles. The molecule has 0 saturated carbocycles. The van der Waals surface area contributed by atoms with E-state index in [2.05, 4.69) is 43.2 Å². The van der Waals surface area contributed by atoms with E-state index in [1.165, 1.54) is 20.7 Å². The highest BCUT2D eigenvalue weighted by molar-refractivity contribution is 7.12. The molecular formula is C16H19N3S. The number of aryl methyl sites for hydroxylation is 3. The summed E-state index contributed by atoms with van der Waals surface area (Å²) in [4.78, 5) is 2.59. The minimum atomic E-state index is 0.0192. The van der Waals surface area contributed by atoms with E-state index in [9.17, 15) is 0 Å². The molecule has 0 fully saturated rings. The summed E-state index contributed by atoms with van der Waals surface area (Å²) in [7, 11) is 1.98. The summed E-state index contributed by atoms with van der Waals surface area (Å²) in [5.74, 6) is 0. The van der Waals surface area contributed by atoms with Crippen LogP contribution in [0.1, 0.15) is 27.1 Å². The predicted molar refractivity (Wildman–Crippen MR) is 85.1 cm³/mol. The second-order valence-electron chi connectivity index (χ2n) is 5.29. The number of rotatable bonds is 3. The van der Waals surface area contributed by atoms with Crippen LogP contribution in [0, 0.1) is 13.8 Å². The molecule has 0 radical (unpaired) electrons. The van der Waals surface area contributed by atoms with Gasteiger partial charge in [0.15, 0.2) is 0 Å². The van der Waals surface area contributed by atoms with Gasteiger partial charge in [-0.1, -0.05) is 18.2 Å². The number of benzene rings is 1. The van der Waals surface area contributed by atoms with Gasteiger partial charge in [0.2, 0.25) is 0 Å². The third-order valence-electron chi connectivity index (χ3n) is 3.80. The van der Waals surface area contributed by atoms with Gasteiger partial charge in [0.25, 0.3) is 0 Å². The highest BCUT2D eigenvalue weighted by Crippen LogP contribution is 2.28. The first-order valence-electron chi connectivity index (χ1n) is 6.79. The standard InChI is InChI=1S/C16H19N3S/c1-10-8-16(20-11(10)2)13(17)9-14-12-6-4-5-7-15(12)19(3)18-14/h4-8,13H,9,17H2,1-3H3. The Morgan fingerprint density at radius 1 is 1.30 bits per heavy atom. The molecule has 104 valence electrons. The lowest BCUT2D eigenvalue weighted by molar-refractivity contribution is 0.691. The number of hydrogen-bond donors (Lipinski definition) is 1. The lowest BCUT2D eigenvalue weighted by Gasteiger charge is -2.07. The Balaban J connectivity index is 1.93. The van der Waals surface area contributed by atoms with E-state index in [0.29, 0.717) is 0 Å². The number of nitrogens with two attached hydrogens (primary N) is 1. The minimum absolute atomic E-state index is 0.0192. The molecule has 0 aliphatic heterocycles. The Labute approximate surface area is 123 Å². The fourth-order valence-electron chi connectivity index (χ4n) is 2.53. The molecular weight excluding hydrogens is 266 g/mol. The maximum Gasteiger partial charge on any atom is 0.0722 e. The lowest BCUT2D eigenvalue weighted by Crippen LogP contribution is -2.12. The molecule has 2 heterocycles. The van der Waals surface area contributed by atoms with Crippen molar-refractivity contribution in [3.8, 4) is 0 Å². The molecule has 0 saturated heterocycles. The lowest BCUT2D eigenvalue weighted by atomic mass is 10.1. The van der Waals surface area contributed by atoms with Gasteiger partial charge >= 0.3 is 0 Å². The summed E-state index contributed by atoms with van der Waals surface area (Å²) in [6.45, 7) is 4.28. The van der Waals surface area contributed by atoms with E-state index < -0.39 is 0 Å². The van der Waals surface area contributed by atoms with Gasteiger partial charge in [0.05, 0.1) is 11.2 Å². The smallest absolute Gasteiger partial charge is 0.0722 e. The van der Waals surface area contributed by atoms with Gasteiger partial charge in [-0.25, -0.2) is 0 Å². The van der Waals surface area contributed by atoms with Crippen molar-refractivity contribution in [1.82, 2.24) is 9.78 Å². The summed E-state index contributed by atoms with van der Waals surface area (Å²) in [5.41, 5.74) is 9.94. The molecule has 4 heteroatoms. The number of aromatic nitrogens is 2. The van der Waals surface area contributed by atoms with E-state index >= 15 is 0 Å². The summed E-state index contributed by atoms with van der Waals surface area (Å²) in [6.07, 6.45) is 0.779. The monoisotopic (exact) mass is 285 g/mol. The minimum Gasteiger partial charge on any atom is -0.323 e. The maximum absolute atomic E-state index is 6.37. The Bertz CT molecular complexity index is 735. The van der Waals surface area contributed by atoms with E-state index in [1.54, 1.807) is 11.3 Å². The third kappa shape index (κ3) is 2.25. The zero-order chi connectivity index (χ0) is 14.3. The normalized spacial score (nSPS) is 13.0. The predicted octanol–water partition coefficient (Wildman–Crippen LogP) is 3.49. The zero-order valence-corrected chi connectivity index (χ0v) is 12.9. The molecule has 0 amide bonds. The van der Waals surface area contributed by atoms with Crippen LogP contribution in [0.2, 0.25) is 0 Å². The Kier molecular flexibility index (Phi) is 3.36. The SMILES string of the molecule is Cc1cc(C(N)Cc2nn(C)c3ccccc23)sc1C. The Hall–Kier alpha value is -1.65. The number of para-hydroxylation sites is 1. The van der Waals surface area contributed by atoms with Crippen LogP contribution in [0.3, 0.4) is 0 Å². The van der Waals surface area contributed by atoms with Crippen molar-refractivity contribution in [1.29, 1.82) is 0 Å². The fourth-order valence-corrected chi connectivity index (χ4v) is 3.58. The van der Waals surface area contributed by atoms with Crippen molar-refractivity contribution < 1.29 is 0 Å². The molecule has 0 spiro atoms. The van der Waals surface area contributed by atoms with Crippen molar-refractivity contribution >= 4 is 22.2 Å². The number of hydrogen-bond acceptors (Lipinski definition) is 3. The second-order valence-corrected chi connectivity index (χ2v) is 6.57. The van der Waals surface area contributed by atoms with Crippen LogP contribution in [-0.4, -0.2) is 9.78 Å². The van der Waals surface area contributed by atoms with E-state index in [4.69, 9.17) is 5.73 Å². The topological polar surface area (TPSA) is 43.8 Å². The van der Waals surface area contributed by atoms with Gasteiger partial charge in [0.1, 0.15) is 0 Å². The molecule has 2 N–H and O–H groups in total. The van der Waals surface area contributed by atoms with E-state index in [0.717, 1.165) is 17.6 Å². The fraction of sp³-hybridized carbons (Fsp3) is 0.312. The maximum atomic E-state index is 6.37. The summed E-state index contributed by atoms with van der Waals surface area (Å²) in [5, 5.41) is 5.83. The molecule has 3 nitrogen and oxygen atoms in total. The molecule has 0 bridgehead atoms. The van der Waals surface area contributed by atoms with Crippen molar-refractivity contribution in [2.24, 2.45) is 12.8 Å². The van der Waals surface area contributed by atoms with Crippen molar-refractivity contribution in [3.63, 3.8) is 0 Å². The van der Waals surface area contributed by atoms with Crippen LogP contribution in [0.25, 0.3) is 10.9 Å².